The van der Waals surface area contributed by atoms with Gasteiger partial charge in [0.25, 0.3) is 0 Å². The molecule has 0 aliphatic carbocycles. The highest BCUT2D eigenvalue weighted by Crippen LogP contribution is 2.29. The molecule has 2 rings (SSSR count). The Morgan fingerprint density at radius 2 is 1.54 bits per heavy atom. The number of ether oxygens (including phenoxy) is 3. The number of methoxy groups -OCH3 is 3. The fourth-order valence-electron chi connectivity index (χ4n) is 2.45. The van der Waals surface area contributed by atoms with Crippen molar-refractivity contribution in [2.45, 2.75) is 12.6 Å². The minimum absolute atomic E-state index is 0.121. The number of hydrogen-bond acceptors (Lipinski definition) is 6. The van der Waals surface area contributed by atoms with E-state index in [1.54, 1.807) is 49.6 Å². The lowest BCUT2D eigenvalue weighted by molar-refractivity contribution is -0.139. The van der Waals surface area contributed by atoms with Gasteiger partial charge in [-0.1, -0.05) is 18.2 Å². The van der Waals surface area contributed by atoms with E-state index >= 15 is 0 Å². The Hall–Kier alpha value is -3.26. The summed E-state index contributed by atoms with van der Waals surface area (Å²) in [5.74, 6) is 0.0864. The highest BCUT2D eigenvalue weighted by molar-refractivity contribution is 6.35. The van der Waals surface area contributed by atoms with Gasteiger partial charge < -0.3 is 30.0 Å². The lowest BCUT2D eigenvalue weighted by atomic mass is 10.1. The Bertz CT molecular complexity index is 807. The maximum atomic E-state index is 11.9. The van der Waals surface area contributed by atoms with Crippen LogP contribution in [0.1, 0.15) is 17.2 Å². The number of benzene rings is 2. The van der Waals surface area contributed by atoms with Gasteiger partial charge >= 0.3 is 11.8 Å². The van der Waals surface area contributed by atoms with Crippen molar-refractivity contribution in [1.82, 2.24) is 10.6 Å². The molecule has 2 aromatic carbocycles. The number of aliphatic hydroxyl groups is 1. The standard InChI is InChI=1S/C20H24N2O6/c1-26-15-7-4-13(5-8-15)11-21-19(24)20(25)22-12-16(23)14-6-9-17(27-2)18(10-14)28-3/h4-10,16,23H,11-12H2,1-3H3,(H,21,24)(H,22,25). The quantitative estimate of drug-likeness (QED) is 0.587. The van der Waals surface area contributed by atoms with Gasteiger partial charge in [-0.15, -0.1) is 0 Å². The molecule has 8 heteroatoms. The zero-order valence-corrected chi connectivity index (χ0v) is 16.0. The summed E-state index contributed by atoms with van der Waals surface area (Å²) in [4.78, 5) is 23.8. The van der Waals surface area contributed by atoms with Crippen LogP contribution in [0.2, 0.25) is 0 Å². The Labute approximate surface area is 163 Å². The summed E-state index contributed by atoms with van der Waals surface area (Å²) in [5, 5.41) is 15.2. The van der Waals surface area contributed by atoms with Gasteiger partial charge in [-0.3, -0.25) is 9.59 Å². The summed E-state index contributed by atoms with van der Waals surface area (Å²) >= 11 is 0. The van der Waals surface area contributed by atoms with E-state index in [2.05, 4.69) is 10.6 Å². The third-order valence-corrected chi connectivity index (χ3v) is 4.07. The minimum atomic E-state index is -1.00. The van der Waals surface area contributed by atoms with Gasteiger partial charge in [-0.2, -0.15) is 0 Å². The molecule has 0 aliphatic heterocycles. The zero-order chi connectivity index (χ0) is 20.5. The predicted molar refractivity (Wildman–Crippen MR) is 102 cm³/mol. The molecule has 3 N–H and O–H groups in total. The van der Waals surface area contributed by atoms with Crippen LogP contribution < -0.4 is 24.8 Å². The molecule has 0 saturated carbocycles. The van der Waals surface area contributed by atoms with E-state index in [0.29, 0.717) is 22.8 Å². The molecule has 1 atom stereocenters. The van der Waals surface area contributed by atoms with Gasteiger partial charge in [-0.05, 0) is 35.4 Å². The van der Waals surface area contributed by atoms with E-state index in [-0.39, 0.29) is 13.1 Å². The molecule has 0 fully saturated rings. The number of rotatable bonds is 8. The van der Waals surface area contributed by atoms with Crippen molar-refractivity contribution >= 4 is 11.8 Å². The summed E-state index contributed by atoms with van der Waals surface area (Å²) < 4.78 is 15.4. The average molecular weight is 388 g/mol. The molecule has 2 aromatic rings. The first-order chi connectivity index (χ1) is 13.5. The molecular formula is C20H24N2O6. The van der Waals surface area contributed by atoms with E-state index in [1.807, 2.05) is 0 Å². The average Bonchev–Trinajstić information content (AvgIpc) is 2.75. The van der Waals surface area contributed by atoms with Crippen molar-refractivity contribution in [3.05, 3.63) is 53.6 Å². The number of amides is 2. The summed E-state index contributed by atoms with van der Waals surface area (Å²) in [5.41, 5.74) is 1.35. The van der Waals surface area contributed by atoms with Gasteiger partial charge in [0.15, 0.2) is 11.5 Å². The number of carbonyl (C=O) groups is 2. The highest BCUT2D eigenvalue weighted by atomic mass is 16.5. The van der Waals surface area contributed by atoms with E-state index in [4.69, 9.17) is 14.2 Å². The first kappa shape index (κ1) is 21.0. The van der Waals surface area contributed by atoms with Crippen LogP contribution >= 0.6 is 0 Å². The highest BCUT2D eigenvalue weighted by Gasteiger charge is 2.17. The van der Waals surface area contributed by atoms with Crippen LogP contribution in [0.4, 0.5) is 0 Å². The van der Waals surface area contributed by atoms with Crippen LogP contribution in [-0.2, 0) is 16.1 Å². The summed E-state index contributed by atoms with van der Waals surface area (Å²) in [6, 6.07) is 12.0. The molecular weight excluding hydrogens is 364 g/mol. The van der Waals surface area contributed by atoms with Crippen molar-refractivity contribution in [2.75, 3.05) is 27.9 Å². The Kier molecular flexibility index (Phi) is 7.65. The van der Waals surface area contributed by atoms with E-state index in [9.17, 15) is 14.7 Å². The fraction of sp³-hybridized carbons (Fsp3) is 0.300. The zero-order valence-electron chi connectivity index (χ0n) is 16.0. The SMILES string of the molecule is COc1ccc(CNC(=O)C(=O)NCC(O)c2ccc(OC)c(OC)c2)cc1. The molecule has 1 unspecified atom stereocenters. The minimum Gasteiger partial charge on any atom is -0.497 e. The molecule has 0 saturated heterocycles. The molecule has 0 radical (unpaired) electrons. The predicted octanol–water partition coefficient (Wildman–Crippen LogP) is 1.18. The first-order valence-electron chi connectivity index (χ1n) is 8.57. The number of aliphatic hydroxyl groups excluding tert-OH is 1. The molecule has 150 valence electrons. The monoisotopic (exact) mass is 388 g/mol. The van der Waals surface area contributed by atoms with Gasteiger partial charge in [0.05, 0.1) is 27.4 Å². The molecule has 0 spiro atoms. The van der Waals surface area contributed by atoms with Crippen LogP contribution in [0.3, 0.4) is 0 Å². The Morgan fingerprint density at radius 1 is 0.893 bits per heavy atom. The van der Waals surface area contributed by atoms with Gasteiger partial charge in [0.1, 0.15) is 5.75 Å². The lowest BCUT2D eigenvalue weighted by Crippen LogP contribution is -2.41. The van der Waals surface area contributed by atoms with Crippen molar-refractivity contribution in [3.8, 4) is 17.2 Å². The maximum absolute atomic E-state index is 11.9. The van der Waals surface area contributed by atoms with E-state index < -0.39 is 17.9 Å². The molecule has 28 heavy (non-hydrogen) atoms. The third-order valence-electron chi connectivity index (χ3n) is 4.07. The number of carbonyl (C=O) groups excluding carboxylic acids is 2. The second kappa shape index (κ2) is 10.2. The van der Waals surface area contributed by atoms with Crippen molar-refractivity contribution in [1.29, 1.82) is 0 Å². The van der Waals surface area contributed by atoms with Crippen LogP contribution in [0.5, 0.6) is 17.2 Å². The van der Waals surface area contributed by atoms with Gasteiger partial charge in [-0.25, -0.2) is 0 Å². The second-order valence-corrected chi connectivity index (χ2v) is 5.87. The molecule has 2 amide bonds. The molecule has 8 nitrogen and oxygen atoms in total. The number of hydrogen-bond donors (Lipinski definition) is 3. The molecule has 0 heterocycles. The topological polar surface area (TPSA) is 106 Å². The van der Waals surface area contributed by atoms with Crippen LogP contribution in [0.15, 0.2) is 42.5 Å². The van der Waals surface area contributed by atoms with Gasteiger partial charge in [0.2, 0.25) is 0 Å². The van der Waals surface area contributed by atoms with Gasteiger partial charge in [0, 0.05) is 13.1 Å². The first-order valence-corrected chi connectivity index (χ1v) is 8.57. The molecule has 0 aromatic heterocycles. The largest absolute Gasteiger partial charge is 0.497 e. The van der Waals surface area contributed by atoms with Crippen molar-refractivity contribution in [2.24, 2.45) is 0 Å². The normalized spacial score (nSPS) is 11.3. The summed E-state index contributed by atoms with van der Waals surface area (Å²) in [6.07, 6.45) is -1.00. The Balaban J connectivity index is 1.84. The lowest BCUT2D eigenvalue weighted by Gasteiger charge is -2.15. The second-order valence-electron chi connectivity index (χ2n) is 5.87. The van der Waals surface area contributed by atoms with E-state index in [1.165, 1.54) is 14.2 Å². The fourth-order valence-corrected chi connectivity index (χ4v) is 2.45. The smallest absolute Gasteiger partial charge is 0.309 e. The van der Waals surface area contributed by atoms with Crippen LogP contribution in [0.25, 0.3) is 0 Å². The molecule has 0 bridgehead atoms. The van der Waals surface area contributed by atoms with Crippen molar-refractivity contribution < 1.29 is 28.9 Å². The third kappa shape index (κ3) is 5.62. The van der Waals surface area contributed by atoms with E-state index in [0.717, 1.165) is 5.56 Å². The van der Waals surface area contributed by atoms with Crippen molar-refractivity contribution in [3.63, 3.8) is 0 Å². The Morgan fingerprint density at radius 3 is 2.14 bits per heavy atom. The maximum Gasteiger partial charge on any atom is 0.309 e. The van der Waals surface area contributed by atoms with Crippen LogP contribution in [-0.4, -0.2) is 44.8 Å². The molecule has 0 aliphatic rings. The summed E-state index contributed by atoms with van der Waals surface area (Å²) in [7, 11) is 4.57. The summed E-state index contributed by atoms with van der Waals surface area (Å²) in [6.45, 7) is 0.0821. The van der Waals surface area contributed by atoms with Crippen LogP contribution in [0, 0.1) is 0 Å². The number of nitrogens with one attached hydrogen (secondary N) is 2.